The zero-order chi connectivity index (χ0) is 62.6. The molecule has 20 nitrogen and oxygen atoms in total. The first-order valence-corrected chi connectivity index (χ1v) is 29.2. The highest BCUT2D eigenvalue weighted by molar-refractivity contribution is 7.89. The normalized spacial score (nSPS) is 14.2. The second kappa shape index (κ2) is 28.9. The summed E-state index contributed by atoms with van der Waals surface area (Å²) in [5.74, 6) is -12.2. The lowest BCUT2D eigenvalue weighted by Gasteiger charge is -2.36. The number of carbonyl (C=O) groups excluding carboxylic acids is 6. The van der Waals surface area contributed by atoms with Gasteiger partial charge in [-0.3, -0.25) is 24.0 Å². The average Bonchev–Trinajstić information content (AvgIpc) is 3.10. The first kappa shape index (κ1) is 66.4. The summed E-state index contributed by atoms with van der Waals surface area (Å²) in [5, 5.41) is 17.2. The molecule has 6 N–H and O–H groups in total. The standard InChI is InChI=1S/C60H74F4N8O12S/c1-9-22-71(56(77)42-25-41-17-16-40(27-47(41)68-48(65)28-42)39-12-10-13-44(26-39)85(80,81)72-31-38(32-72)33-73)24-11-23-70(8)58(79)82-34-37-14-18-43(19-15-37)67-50(75)30-66-55(76)53(36(2)3)69-49(74)20-21-60(6,7)83-35-59(4,5)57(78)84-54-51(63)45(61)29-46(62)52(54)64/h10,12-19,25-27,29,36,38,53,73H,9,11,20-24,28,30-35H2,1-8H3,(H2,65,68)(H,66,76)(H,67,75)(H,69,74). The molecule has 6 rings (SSSR count). The summed E-state index contributed by atoms with van der Waals surface area (Å²) in [6.45, 7) is 11.9. The maximum atomic E-state index is 14.1. The van der Waals surface area contributed by atoms with Crippen LogP contribution in [0.2, 0.25) is 0 Å². The van der Waals surface area contributed by atoms with Gasteiger partial charge in [-0.05, 0) is 106 Å². The Balaban J connectivity index is 0.907. The van der Waals surface area contributed by atoms with Crippen LogP contribution in [0.4, 0.5) is 33.7 Å². The van der Waals surface area contributed by atoms with E-state index in [1.165, 1.54) is 23.1 Å². The van der Waals surface area contributed by atoms with Crippen LogP contribution in [0.25, 0.3) is 17.2 Å². The van der Waals surface area contributed by atoms with Crippen molar-refractivity contribution in [3.05, 3.63) is 113 Å². The number of halogens is 4. The molecule has 0 saturated carbocycles. The summed E-state index contributed by atoms with van der Waals surface area (Å²) in [4.78, 5) is 86.8. The third-order valence-electron chi connectivity index (χ3n) is 14.2. The summed E-state index contributed by atoms with van der Waals surface area (Å²) in [6, 6.07) is 17.5. The van der Waals surface area contributed by atoms with Crippen molar-refractivity contribution in [3.63, 3.8) is 0 Å². The van der Waals surface area contributed by atoms with E-state index in [1.807, 2.05) is 19.1 Å². The van der Waals surface area contributed by atoms with Crippen molar-refractivity contribution in [3.8, 4) is 16.9 Å². The van der Waals surface area contributed by atoms with E-state index < -0.39 is 98.3 Å². The molecule has 1 saturated heterocycles. The van der Waals surface area contributed by atoms with Gasteiger partial charge in [-0.1, -0.05) is 57.2 Å². The van der Waals surface area contributed by atoms with Crippen LogP contribution in [0.1, 0.15) is 91.7 Å². The van der Waals surface area contributed by atoms with Gasteiger partial charge >= 0.3 is 12.1 Å². The molecule has 2 heterocycles. The molecule has 0 spiro atoms. The zero-order valence-electron chi connectivity index (χ0n) is 48.9. The molecule has 0 aromatic heterocycles. The summed E-state index contributed by atoms with van der Waals surface area (Å²) < 4.78 is 99.5. The maximum Gasteiger partial charge on any atom is 0.409 e. The predicted molar refractivity (Wildman–Crippen MR) is 309 cm³/mol. The fourth-order valence-corrected chi connectivity index (χ4v) is 10.5. The molecule has 460 valence electrons. The van der Waals surface area contributed by atoms with Crippen molar-refractivity contribution < 1.29 is 74.1 Å². The lowest BCUT2D eigenvalue weighted by Crippen LogP contribution is -2.51. The lowest BCUT2D eigenvalue weighted by atomic mass is 9.94. The Morgan fingerprint density at radius 2 is 1.55 bits per heavy atom. The number of sulfonamides is 1. The summed E-state index contributed by atoms with van der Waals surface area (Å²) >= 11 is 0. The number of carbonyl (C=O) groups is 6. The van der Waals surface area contributed by atoms with Crippen LogP contribution >= 0.6 is 0 Å². The number of aliphatic imine (C=N–C) groups is 1. The smallest absolute Gasteiger partial charge is 0.409 e. The van der Waals surface area contributed by atoms with Gasteiger partial charge in [0.15, 0.2) is 11.6 Å². The number of aliphatic hydroxyl groups excluding tert-OH is 1. The molecular formula is C60H74F4N8O12S. The molecule has 85 heavy (non-hydrogen) atoms. The van der Waals surface area contributed by atoms with Gasteiger partial charge in [0.1, 0.15) is 18.5 Å². The first-order chi connectivity index (χ1) is 40.0. The minimum Gasteiger partial charge on any atom is -0.445 e. The Bertz CT molecular complexity index is 3270. The number of ether oxygens (including phenoxy) is 3. The molecule has 0 aliphatic carbocycles. The summed E-state index contributed by atoms with van der Waals surface area (Å²) in [5.41, 5.74) is 7.77. The number of esters is 1. The molecule has 4 aromatic carbocycles. The predicted octanol–water partition coefficient (Wildman–Crippen LogP) is 7.60. The van der Waals surface area contributed by atoms with Gasteiger partial charge in [-0.25, -0.2) is 27.0 Å². The fourth-order valence-electron chi connectivity index (χ4n) is 8.90. The summed E-state index contributed by atoms with van der Waals surface area (Å²) in [7, 11) is -2.15. The first-order valence-electron chi connectivity index (χ1n) is 27.7. The minimum absolute atomic E-state index is 0.0172. The third kappa shape index (κ3) is 17.9. The van der Waals surface area contributed by atoms with Crippen LogP contribution < -0.4 is 26.4 Å². The summed E-state index contributed by atoms with van der Waals surface area (Å²) in [6.07, 6.45) is 2.35. The van der Waals surface area contributed by atoms with Crippen molar-refractivity contribution in [2.45, 2.75) is 104 Å². The van der Waals surface area contributed by atoms with E-state index in [-0.39, 0.29) is 87.3 Å². The van der Waals surface area contributed by atoms with Gasteiger partial charge in [0.2, 0.25) is 51.0 Å². The van der Waals surface area contributed by atoms with Crippen LogP contribution in [-0.4, -0.2) is 140 Å². The van der Waals surface area contributed by atoms with E-state index >= 15 is 0 Å². The van der Waals surface area contributed by atoms with Gasteiger partial charge in [0.25, 0.3) is 0 Å². The number of amides is 5. The van der Waals surface area contributed by atoms with Crippen LogP contribution in [0, 0.1) is 40.5 Å². The Hall–Kier alpha value is -7.74. The van der Waals surface area contributed by atoms with Gasteiger partial charge < -0.3 is 50.8 Å². The van der Waals surface area contributed by atoms with Crippen molar-refractivity contribution in [1.82, 2.24) is 24.7 Å². The van der Waals surface area contributed by atoms with E-state index in [9.17, 15) is 59.9 Å². The van der Waals surface area contributed by atoms with Crippen LogP contribution in [-0.2, 0) is 50.1 Å². The lowest BCUT2D eigenvalue weighted by molar-refractivity contribution is -0.152. The molecular weight excluding hydrogens is 1130 g/mol. The number of nitrogens with zero attached hydrogens (tertiary/aromatic N) is 4. The topological polar surface area (TPSA) is 269 Å². The molecule has 25 heteroatoms. The Labute approximate surface area is 492 Å². The van der Waals surface area contributed by atoms with Crippen LogP contribution in [0.15, 0.2) is 88.3 Å². The molecule has 5 amide bonds. The van der Waals surface area contributed by atoms with E-state index in [4.69, 9.17) is 19.9 Å². The Kier molecular flexibility index (Phi) is 22.6. The maximum absolute atomic E-state index is 14.1. The van der Waals surface area contributed by atoms with Gasteiger partial charge in [-0.15, -0.1) is 0 Å². The highest BCUT2D eigenvalue weighted by atomic mass is 32.2. The van der Waals surface area contributed by atoms with E-state index in [2.05, 4.69) is 20.9 Å². The van der Waals surface area contributed by atoms with Crippen LogP contribution in [0.5, 0.6) is 5.75 Å². The van der Waals surface area contributed by atoms with E-state index in [0.29, 0.717) is 65.1 Å². The van der Waals surface area contributed by atoms with Crippen molar-refractivity contribution in [2.75, 3.05) is 64.8 Å². The van der Waals surface area contributed by atoms with E-state index in [0.717, 1.165) is 0 Å². The Morgan fingerprint density at radius 3 is 2.20 bits per heavy atom. The molecule has 1 unspecified atom stereocenters. The number of nitrogens with one attached hydrogen (secondary N) is 3. The number of rotatable bonds is 27. The number of amidine groups is 1. The van der Waals surface area contributed by atoms with Gasteiger partial charge in [0, 0.05) is 88.0 Å². The number of anilines is 1. The molecule has 1 fully saturated rings. The largest absolute Gasteiger partial charge is 0.445 e. The minimum atomic E-state index is -3.74. The van der Waals surface area contributed by atoms with Crippen molar-refractivity contribution in [2.24, 2.45) is 28.0 Å². The number of hydrogen-bond donors (Lipinski definition) is 5. The molecule has 0 bridgehead atoms. The zero-order valence-corrected chi connectivity index (χ0v) is 49.7. The number of fused-ring (bicyclic) bond motifs is 1. The second-order valence-corrected chi connectivity index (χ2v) is 24.6. The molecule has 2 aliphatic rings. The molecule has 0 radical (unpaired) electrons. The monoisotopic (exact) mass is 1210 g/mol. The quantitative estimate of drug-likeness (QED) is 0.0167. The Morgan fingerprint density at radius 1 is 0.882 bits per heavy atom. The average molecular weight is 1210 g/mol. The molecule has 2 aliphatic heterocycles. The highest BCUT2D eigenvalue weighted by Gasteiger charge is 2.38. The SMILES string of the molecule is CCCN(CCCN(C)C(=O)OCc1ccc(NC(=O)CNC(=O)C(NC(=O)CCC(C)(C)OCC(C)(C)C(=O)Oc2c(F)c(F)cc(F)c2F)C(C)C)cc1)C(=O)C1=Cc2ccc(-c3cccc(S(=O)(=O)N4CC(CO)C4)c3)cc2N=C(N)C1. The third-order valence-corrected chi connectivity index (χ3v) is 16.0. The van der Waals surface area contributed by atoms with Gasteiger partial charge in [0.05, 0.1) is 34.8 Å². The number of nitrogens with two attached hydrogens (primary N) is 1. The molecule has 4 aromatic rings. The highest BCUT2D eigenvalue weighted by Crippen LogP contribution is 2.35. The van der Waals surface area contributed by atoms with Crippen LogP contribution in [0.3, 0.4) is 0 Å². The number of aliphatic hydroxyl groups is 1. The van der Waals surface area contributed by atoms with Crippen molar-refractivity contribution >= 4 is 69.0 Å². The van der Waals surface area contributed by atoms with Gasteiger partial charge in [-0.2, -0.15) is 13.1 Å². The van der Waals surface area contributed by atoms with Crippen molar-refractivity contribution in [1.29, 1.82) is 0 Å². The van der Waals surface area contributed by atoms with E-state index in [1.54, 1.807) is 100 Å². The number of hydrogen-bond acceptors (Lipinski definition) is 14. The molecule has 1 atom stereocenters. The fraction of sp³-hybridized carbons (Fsp3) is 0.450. The second-order valence-electron chi connectivity index (χ2n) is 22.6. The number of benzene rings is 4.